The summed E-state index contributed by atoms with van der Waals surface area (Å²) in [7, 11) is 0. The average Bonchev–Trinajstić information content (AvgIpc) is 3.94. The molecule has 0 spiro atoms. The van der Waals surface area contributed by atoms with Gasteiger partial charge in [0.15, 0.2) is 0 Å². The first kappa shape index (κ1) is 40.1. The molecule has 2 aliphatic carbocycles. The van der Waals surface area contributed by atoms with Gasteiger partial charge in [-0.1, -0.05) is 216 Å². The Bertz CT molecular complexity index is 3790. The van der Waals surface area contributed by atoms with E-state index in [4.69, 9.17) is 0 Å². The van der Waals surface area contributed by atoms with Crippen molar-refractivity contribution in [3.8, 4) is 61.3 Å². The summed E-state index contributed by atoms with van der Waals surface area (Å²) >= 11 is 0. The van der Waals surface area contributed by atoms with Crippen molar-refractivity contribution in [1.82, 2.24) is 4.57 Å². The van der Waals surface area contributed by atoms with E-state index in [1.807, 2.05) is 0 Å². The molecule has 0 atom stereocenters. The fourth-order valence-corrected chi connectivity index (χ4v) is 12.2. The summed E-state index contributed by atoms with van der Waals surface area (Å²) in [6.07, 6.45) is 0. The van der Waals surface area contributed by atoms with Crippen molar-refractivity contribution in [2.75, 3.05) is 4.90 Å². The molecule has 0 fully saturated rings. The Morgan fingerprint density at radius 2 is 0.809 bits per heavy atom. The van der Waals surface area contributed by atoms with Crippen LogP contribution in [0.5, 0.6) is 0 Å². The van der Waals surface area contributed by atoms with Crippen molar-refractivity contribution in [2.24, 2.45) is 0 Å². The summed E-state index contributed by atoms with van der Waals surface area (Å²) in [5.41, 5.74) is 24.5. The number of rotatable bonds is 7. The van der Waals surface area contributed by atoms with Gasteiger partial charge in [-0.3, -0.25) is 0 Å². The molecular weight excluding hydrogens is 821 g/mol. The predicted molar refractivity (Wildman–Crippen MR) is 287 cm³/mol. The number of aromatic nitrogens is 1. The number of para-hydroxylation sites is 3. The number of hydrogen-bond acceptors (Lipinski definition) is 1. The minimum Gasteiger partial charge on any atom is -0.309 e. The van der Waals surface area contributed by atoms with Gasteiger partial charge in [0.2, 0.25) is 0 Å². The van der Waals surface area contributed by atoms with Crippen LogP contribution in [-0.4, -0.2) is 4.57 Å². The van der Waals surface area contributed by atoms with Crippen LogP contribution in [0.25, 0.3) is 83.1 Å². The second-order valence-electron chi connectivity index (χ2n) is 19.6. The molecule has 0 aliphatic heterocycles. The van der Waals surface area contributed by atoms with Crippen LogP contribution in [0.1, 0.15) is 49.9 Å². The molecule has 2 heteroatoms. The fourth-order valence-electron chi connectivity index (χ4n) is 12.2. The number of nitrogens with zero attached hydrogens (tertiary/aromatic N) is 2. The van der Waals surface area contributed by atoms with Crippen molar-refractivity contribution in [1.29, 1.82) is 0 Å². The van der Waals surface area contributed by atoms with Gasteiger partial charge in [0.1, 0.15) is 0 Å². The third-order valence-corrected chi connectivity index (χ3v) is 15.2. The van der Waals surface area contributed by atoms with Gasteiger partial charge < -0.3 is 9.47 Å². The summed E-state index contributed by atoms with van der Waals surface area (Å²) in [5.74, 6) is 0. The summed E-state index contributed by atoms with van der Waals surface area (Å²) in [6.45, 7) is 9.55. The van der Waals surface area contributed by atoms with E-state index in [9.17, 15) is 0 Å². The van der Waals surface area contributed by atoms with Gasteiger partial charge in [0.05, 0.1) is 28.1 Å². The van der Waals surface area contributed by atoms with E-state index in [-0.39, 0.29) is 10.8 Å². The molecule has 0 N–H and O–H groups in total. The van der Waals surface area contributed by atoms with Gasteiger partial charge in [0, 0.05) is 38.4 Å². The number of fused-ring (bicyclic) bond motifs is 9. The summed E-state index contributed by atoms with van der Waals surface area (Å²) in [5, 5.41) is 2.41. The van der Waals surface area contributed by atoms with Crippen molar-refractivity contribution in [3.05, 3.63) is 253 Å². The Balaban J connectivity index is 1.16. The van der Waals surface area contributed by atoms with Crippen LogP contribution < -0.4 is 4.90 Å². The molecule has 0 saturated carbocycles. The molecule has 1 aromatic heterocycles. The van der Waals surface area contributed by atoms with Crippen LogP contribution >= 0.6 is 0 Å². The Labute approximate surface area is 399 Å². The summed E-state index contributed by atoms with van der Waals surface area (Å²) < 4.78 is 2.43. The van der Waals surface area contributed by atoms with Crippen LogP contribution in [0.4, 0.5) is 17.1 Å². The molecule has 10 aromatic carbocycles. The Kier molecular flexibility index (Phi) is 8.95. The van der Waals surface area contributed by atoms with E-state index >= 15 is 0 Å². The minimum atomic E-state index is -0.212. The molecular formula is C66H50N2. The predicted octanol–water partition coefficient (Wildman–Crippen LogP) is 17.9. The SMILES string of the molecule is CC1(C)c2ccccc2-c2c(-c3cccc(N(c4ccccc4-c4cccc5c4C(C)(C)c4ccccc4-5)c4cccc5c4c4ccccc4n5-c4ccccc4)c3-c3ccccc3)cccc21. The van der Waals surface area contributed by atoms with Gasteiger partial charge >= 0.3 is 0 Å². The number of anilines is 3. The highest BCUT2D eigenvalue weighted by molar-refractivity contribution is 6.18. The smallest absolute Gasteiger partial charge is 0.0562 e. The highest BCUT2D eigenvalue weighted by Gasteiger charge is 2.39. The largest absolute Gasteiger partial charge is 0.309 e. The molecule has 68 heavy (non-hydrogen) atoms. The first-order valence-electron chi connectivity index (χ1n) is 23.9. The zero-order chi connectivity index (χ0) is 45.7. The van der Waals surface area contributed by atoms with Gasteiger partial charge in [-0.2, -0.15) is 0 Å². The second-order valence-corrected chi connectivity index (χ2v) is 19.6. The lowest BCUT2D eigenvalue weighted by molar-refractivity contribution is 0.660. The van der Waals surface area contributed by atoms with Gasteiger partial charge in [-0.05, 0) is 109 Å². The topological polar surface area (TPSA) is 8.17 Å². The number of hydrogen-bond donors (Lipinski definition) is 0. The lowest BCUT2D eigenvalue weighted by Gasteiger charge is -2.33. The Hall–Kier alpha value is -8.20. The molecule has 324 valence electrons. The number of benzene rings is 10. The van der Waals surface area contributed by atoms with Crippen LogP contribution in [0.15, 0.2) is 231 Å². The van der Waals surface area contributed by atoms with Crippen LogP contribution in [0.3, 0.4) is 0 Å². The van der Waals surface area contributed by atoms with Gasteiger partial charge in [-0.15, -0.1) is 0 Å². The van der Waals surface area contributed by atoms with E-state index in [2.05, 4.69) is 268 Å². The van der Waals surface area contributed by atoms with E-state index in [1.54, 1.807) is 0 Å². The van der Waals surface area contributed by atoms with E-state index in [0.717, 1.165) is 28.3 Å². The zero-order valence-corrected chi connectivity index (χ0v) is 38.8. The van der Waals surface area contributed by atoms with Crippen LogP contribution in [0, 0.1) is 0 Å². The lowest BCUT2D eigenvalue weighted by Crippen LogP contribution is -2.17. The average molecular weight is 871 g/mol. The normalized spacial score (nSPS) is 13.8. The first-order chi connectivity index (χ1) is 33.3. The first-order valence-corrected chi connectivity index (χ1v) is 23.9. The maximum Gasteiger partial charge on any atom is 0.0562 e. The molecule has 0 radical (unpaired) electrons. The molecule has 0 saturated heterocycles. The molecule has 2 nitrogen and oxygen atoms in total. The van der Waals surface area contributed by atoms with Crippen molar-refractivity contribution in [3.63, 3.8) is 0 Å². The van der Waals surface area contributed by atoms with E-state index < -0.39 is 0 Å². The summed E-state index contributed by atoms with van der Waals surface area (Å²) in [6, 6.07) is 85.7. The molecule has 13 rings (SSSR count). The Morgan fingerprint density at radius 3 is 1.59 bits per heavy atom. The van der Waals surface area contributed by atoms with E-state index in [0.29, 0.717) is 0 Å². The zero-order valence-electron chi connectivity index (χ0n) is 38.8. The summed E-state index contributed by atoms with van der Waals surface area (Å²) in [4.78, 5) is 2.60. The highest BCUT2D eigenvalue weighted by Crippen LogP contribution is 2.57. The Morgan fingerprint density at radius 1 is 0.324 bits per heavy atom. The monoisotopic (exact) mass is 870 g/mol. The van der Waals surface area contributed by atoms with E-state index in [1.165, 1.54) is 94.2 Å². The molecule has 1 heterocycles. The molecule has 0 bridgehead atoms. The third-order valence-electron chi connectivity index (χ3n) is 15.2. The minimum absolute atomic E-state index is 0.135. The quantitative estimate of drug-likeness (QED) is 0.155. The van der Waals surface area contributed by atoms with Crippen molar-refractivity contribution >= 4 is 38.9 Å². The van der Waals surface area contributed by atoms with Crippen molar-refractivity contribution in [2.45, 2.75) is 38.5 Å². The second kappa shape index (κ2) is 15.2. The van der Waals surface area contributed by atoms with Crippen LogP contribution in [0.2, 0.25) is 0 Å². The van der Waals surface area contributed by atoms with Crippen molar-refractivity contribution < 1.29 is 0 Å². The van der Waals surface area contributed by atoms with Gasteiger partial charge in [0.25, 0.3) is 0 Å². The lowest BCUT2D eigenvalue weighted by atomic mass is 9.78. The fraction of sp³-hybridized carbons (Fsp3) is 0.0909. The maximum atomic E-state index is 2.60. The maximum absolute atomic E-state index is 2.60. The molecule has 11 aromatic rings. The van der Waals surface area contributed by atoms with Crippen LogP contribution in [-0.2, 0) is 10.8 Å². The third kappa shape index (κ3) is 5.77. The van der Waals surface area contributed by atoms with Gasteiger partial charge in [-0.25, -0.2) is 0 Å². The molecule has 0 amide bonds. The molecule has 2 aliphatic rings. The molecule has 0 unspecified atom stereocenters. The standard InChI is InChI=1S/C66H50N2/c1-65(2)54-36-16-12-29-51(54)62-48(31-20-37-55(62)65)47-32-21-40-58(61(47)43-23-7-5-8-24-43)68(60-42-22-41-59-63(60)52-30-14-18-39-57(52)67(59)44-25-9-6-10-26-44)56-38-17-13-28-46(56)50-34-19-33-49-45-27-11-15-35-53(45)66(3,4)64(49)50/h5-42H,1-4H3. The highest BCUT2D eigenvalue weighted by atomic mass is 15.2.